The van der Waals surface area contributed by atoms with E-state index in [9.17, 15) is 4.79 Å². The summed E-state index contributed by atoms with van der Waals surface area (Å²) < 4.78 is 8.22. The second kappa shape index (κ2) is 4.90. The Hall–Kier alpha value is -1.07. The van der Waals surface area contributed by atoms with Crippen LogP contribution in [0.25, 0.3) is 11.0 Å². The molecule has 1 aliphatic heterocycles. The van der Waals surface area contributed by atoms with Gasteiger partial charge in [0.15, 0.2) is 0 Å². The molecular weight excluding hydrogens is 296 g/mol. The molecule has 3 rings (SSSR count). The minimum absolute atomic E-state index is 0.0394. The first-order valence-corrected chi connectivity index (χ1v) is 7.00. The number of rotatable bonds is 2. The molecule has 2 heterocycles. The number of fused-ring (bicyclic) bond motifs is 1. The van der Waals surface area contributed by atoms with Gasteiger partial charge in [0.25, 0.3) is 0 Å². The maximum Gasteiger partial charge on any atom is 0.326 e. The van der Waals surface area contributed by atoms with Crippen molar-refractivity contribution in [1.29, 1.82) is 0 Å². The summed E-state index contributed by atoms with van der Waals surface area (Å²) in [6.07, 6.45) is 2.22. The van der Waals surface area contributed by atoms with Gasteiger partial charge in [-0.2, -0.15) is 0 Å². The minimum atomic E-state index is -0.0394. The highest BCUT2D eigenvalue weighted by atomic mass is 79.9. The van der Waals surface area contributed by atoms with Gasteiger partial charge < -0.3 is 9.72 Å². The number of hydrogen-bond donors (Lipinski definition) is 1. The van der Waals surface area contributed by atoms with Crippen LogP contribution < -0.4 is 5.69 Å². The lowest BCUT2D eigenvalue weighted by atomic mass is 10.0. The zero-order valence-electron chi connectivity index (χ0n) is 9.99. The number of nitrogens with one attached hydrogen (secondary N) is 1. The molecule has 2 aromatic rings. The van der Waals surface area contributed by atoms with Crippen LogP contribution in [0.3, 0.4) is 0 Å². The lowest BCUT2D eigenvalue weighted by Gasteiger charge is -2.22. The van der Waals surface area contributed by atoms with Crippen molar-refractivity contribution in [2.75, 3.05) is 13.2 Å². The first-order chi connectivity index (χ1) is 8.75. The second-order valence-corrected chi connectivity index (χ2v) is 5.61. The fraction of sp³-hybridized carbons (Fsp3) is 0.462. The van der Waals surface area contributed by atoms with Gasteiger partial charge in [0.1, 0.15) is 0 Å². The van der Waals surface area contributed by atoms with E-state index in [0.717, 1.165) is 48.1 Å². The third-order valence-electron chi connectivity index (χ3n) is 3.45. The number of aromatic amines is 1. The smallest absolute Gasteiger partial charge is 0.326 e. The van der Waals surface area contributed by atoms with Crippen LogP contribution in [0.2, 0.25) is 0 Å². The van der Waals surface area contributed by atoms with Crippen LogP contribution in [-0.4, -0.2) is 22.8 Å². The number of para-hydroxylation sites is 1. The topological polar surface area (TPSA) is 47.0 Å². The van der Waals surface area contributed by atoms with Crippen molar-refractivity contribution < 1.29 is 4.74 Å². The molecule has 18 heavy (non-hydrogen) atoms. The molecule has 0 spiro atoms. The van der Waals surface area contributed by atoms with Crippen molar-refractivity contribution in [3.8, 4) is 0 Å². The fourth-order valence-corrected chi connectivity index (χ4v) is 2.99. The highest BCUT2D eigenvalue weighted by Gasteiger charge is 2.17. The number of H-pyrrole nitrogens is 1. The summed E-state index contributed by atoms with van der Waals surface area (Å²) in [6.45, 7) is 2.34. The molecule has 1 fully saturated rings. The molecule has 4 nitrogen and oxygen atoms in total. The molecule has 1 N–H and O–H groups in total. The molecule has 0 saturated carbocycles. The molecule has 0 radical (unpaired) electrons. The summed E-state index contributed by atoms with van der Waals surface area (Å²) in [5.41, 5.74) is 1.79. The number of imidazole rings is 1. The Kier molecular flexibility index (Phi) is 3.26. The first-order valence-electron chi connectivity index (χ1n) is 6.20. The van der Waals surface area contributed by atoms with Gasteiger partial charge in [0, 0.05) is 23.5 Å². The third kappa shape index (κ3) is 2.12. The quantitative estimate of drug-likeness (QED) is 0.926. The van der Waals surface area contributed by atoms with Crippen LogP contribution in [0.1, 0.15) is 12.8 Å². The van der Waals surface area contributed by atoms with Crippen LogP contribution in [0.15, 0.2) is 27.5 Å². The normalized spacial score (nSPS) is 20.4. The standard InChI is InChI=1S/C13H15BrN2O2/c14-10-4-1-5-11-12(10)15-13(17)16(11)7-9-3-2-6-18-8-9/h1,4-5,9H,2-3,6-8H2,(H,15,17). The lowest BCUT2D eigenvalue weighted by Crippen LogP contribution is -2.27. The maximum atomic E-state index is 12.0. The summed E-state index contributed by atoms with van der Waals surface area (Å²) >= 11 is 3.46. The van der Waals surface area contributed by atoms with Crippen molar-refractivity contribution in [1.82, 2.24) is 9.55 Å². The van der Waals surface area contributed by atoms with E-state index in [1.54, 1.807) is 0 Å². The van der Waals surface area contributed by atoms with Crippen LogP contribution >= 0.6 is 15.9 Å². The Morgan fingerprint density at radius 2 is 2.39 bits per heavy atom. The minimum Gasteiger partial charge on any atom is -0.381 e. The summed E-state index contributed by atoms with van der Waals surface area (Å²) in [7, 11) is 0. The van der Waals surface area contributed by atoms with Crippen molar-refractivity contribution in [3.05, 3.63) is 33.2 Å². The van der Waals surface area contributed by atoms with Crippen molar-refractivity contribution in [3.63, 3.8) is 0 Å². The van der Waals surface area contributed by atoms with Crippen LogP contribution in [-0.2, 0) is 11.3 Å². The first kappa shape index (κ1) is 12.0. The largest absolute Gasteiger partial charge is 0.381 e. The summed E-state index contributed by atoms with van der Waals surface area (Å²) in [6, 6.07) is 5.86. The molecule has 0 aliphatic carbocycles. The summed E-state index contributed by atoms with van der Waals surface area (Å²) in [5.74, 6) is 0.439. The van der Waals surface area contributed by atoms with E-state index in [0.29, 0.717) is 5.92 Å². The van der Waals surface area contributed by atoms with Gasteiger partial charge in [0.2, 0.25) is 0 Å². The molecule has 1 saturated heterocycles. The van der Waals surface area contributed by atoms with Gasteiger partial charge in [-0.1, -0.05) is 6.07 Å². The van der Waals surface area contributed by atoms with Crippen LogP contribution in [0.4, 0.5) is 0 Å². The van der Waals surface area contributed by atoms with E-state index in [4.69, 9.17) is 4.74 Å². The van der Waals surface area contributed by atoms with Crippen LogP contribution in [0, 0.1) is 5.92 Å². The monoisotopic (exact) mass is 310 g/mol. The van der Waals surface area contributed by atoms with E-state index < -0.39 is 0 Å². The Morgan fingerprint density at radius 1 is 1.50 bits per heavy atom. The molecule has 0 bridgehead atoms. The maximum absolute atomic E-state index is 12.0. The van der Waals surface area contributed by atoms with E-state index in [1.165, 1.54) is 0 Å². The molecular formula is C13H15BrN2O2. The second-order valence-electron chi connectivity index (χ2n) is 4.76. The highest BCUT2D eigenvalue weighted by molar-refractivity contribution is 9.10. The van der Waals surface area contributed by atoms with Gasteiger partial charge in [-0.3, -0.25) is 4.57 Å². The zero-order chi connectivity index (χ0) is 12.5. The number of nitrogens with zero attached hydrogens (tertiary/aromatic N) is 1. The van der Waals surface area contributed by atoms with E-state index in [-0.39, 0.29) is 5.69 Å². The highest BCUT2D eigenvalue weighted by Crippen LogP contribution is 2.22. The predicted octanol–water partition coefficient (Wildman–Crippen LogP) is 2.52. The molecule has 96 valence electrons. The predicted molar refractivity (Wildman–Crippen MR) is 73.8 cm³/mol. The Bertz CT molecular complexity index is 611. The molecule has 0 amide bonds. The van der Waals surface area contributed by atoms with Gasteiger partial charge in [0.05, 0.1) is 17.6 Å². The molecule has 5 heteroatoms. The van der Waals surface area contributed by atoms with E-state index in [2.05, 4.69) is 20.9 Å². The zero-order valence-corrected chi connectivity index (χ0v) is 11.6. The van der Waals surface area contributed by atoms with Crippen LogP contribution in [0.5, 0.6) is 0 Å². The Morgan fingerprint density at radius 3 is 3.17 bits per heavy atom. The van der Waals surface area contributed by atoms with Crippen molar-refractivity contribution in [2.24, 2.45) is 5.92 Å². The Labute approximate surface area is 113 Å². The molecule has 1 unspecified atom stereocenters. The van der Waals surface area contributed by atoms with E-state index >= 15 is 0 Å². The number of hydrogen-bond acceptors (Lipinski definition) is 2. The molecule has 1 atom stereocenters. The van der Waals surface area contributed by atoms with Crippen molar-refractivity contribution >= 4 is 27.0 Å². The molecule has 1 aliphatic rings. The Balaban J connectivity index is 1.98. The number of benzene rings is 1. The average molecular weight is 311 g/mol. The summed E-state index contributed by atoms with van der Waals surface area (Å²) in [5, 5.41) is 0. The van der Waals surface area contributed by atoms with Crippen molar-refractivity contribution in [2.45, 2.75) is 19.4 Å². The van der Waals surface area contributed by atoms with Gasteiger partial charge >= 0.3 is 5.69 Å². The number of halogens is 1. The van der Waals surface area contributed by atoms with Gasteiger partial charge in [-0.25, -0.2) is 4.79 Å². The average Bonchev–Trinajstić information content (AvgIpc) is 2.70. The third-order valence-corrected chi connectivity index (χ3v) is 4.12. The van der Waals surface area contributed by atoms with Gasteiger partial charge in [-0.15, -0.1) is 0 Å². The number of aromatic nitrogens is 2. The lowest BCUT2D eigenvalue weighted by molar-refractivity contribution is 0.0485. The van der Waals surface area contributed by atoms with Gasteiger partial charge in [-0.05, 0) is 40.9 Å². The van der Waals surface area contributed by atoms with E-state index in [1.807, 2.05) is 22.8 Å². The fourth-order valence-electron chi connectivity index (χ4n) is 2.54. The summed E-state index contributed by atoms with van der Waals surface area (Å²) in [4.78, 5) is 14.9. The molecule has 1 aromatic heterocycles. The SMILES string of the molecule is O=c1[nH]c2c(Br)cccc2n1CC1CCCOC1. The number of ether oxygens (including phenoxy) is 1. The molecule has 1 aromatic carbocycles.